The Morgan fingerprint density at radius 1 is 1.15 bits per heavy atom. The van der Waals surface area contributed by atoms with Crippen LogP contribution in [-0.4, -0.2) is 56.3 Å². The number of aryl methyl sites for hydroxylation is 1. The molecule has 0 spiro atoms. The number of hydrogen-bond acceptors (Lipinski definition) is 5. The fourth-order valence-corrected chi connectivity index (χ4v) is 5.05. The number of likely N-dealkylation sites (N-methyl/N-ethyl adjacent to an activating group) is 1. The molecule has 0 bridgehead atoms. The van der Waals surface area contributed by atoms with Crippen LogP contribution in [-0.2, 0) is 10.0 Å². The highest BCUT2D eigenvalue weighted by Gasteiger charge is 2.33. The van der Waals surface area contributed by atoms with Crippen LogP contribution < -0.4 is 0 Å². The van der Waals surface area contributed by atoms with Gasteiger partial charge in [-0.15, -0.1) is 0 Å². The third kappa shape index (κ3) is 5.25. The summed E-state index contributed by atoms with van der Waals surface area (Å²) in [6.45, 7) is 3.05. The Balaban J connectivity index is 2.36. The average molecular weight is 384 g/mol. The summed E-state index contributed by atoms with van der Waals surface area (Å²) in [7, 11) is -0.146. The Morgan fingerprint density at radius 2 is 1.81 bits per heavy atom. The second-order valence-corrected chi connectivity index (χ2v) is 9.31. The van der Waals surface area contributed by atoms with Crippen LogP contribution in [0.15, 0.2) is 23.1 Å². The summed E-state index contributed by atoms with van der Waals surface area (Å²) in [4.78, 5) is 12.5. The summed E-state index contributed by atoms with van der Waals surface area (Å²) >= 11 is 0. The SMILES string of the molecule is Cc1ccc(S(=O)(=O)N(CCN(C)C)CC2CCCCC2)c([N+](=O)[O-])c1. The van der Waals surface area contributed by atoms with Crippen molar-refractivity contribution in [1.82, 2.24) is 9.21 Å². The maximum Gasteiger partial charge on any atom is 0.289 e. The lowest BCUT2D eigenvalue weighted by Crippen LogP contribution is -2.40. The monoisotopic (exact) mass is 383 g/mol. The summed E-state index contributed by atoms with van der Waals surface area (Å²) in [5, 5.41) is 11.4. The predicted molar refractivity (Wildman–Crippen MR) is 102 cm³/mol. The van der Waals surface area contributed by atoms with E-state index >= 15 is 0 Å². The first-order valence-corrected chi connectivity index (χ1v) is 10.6. The number of benzene rings is 1. The number of hydrogen-bond donors (Lipinski definition) is 0. The molecule has 1 saturated carbocycles. The highest BCUT2D eigenvalue weighted by atomic mass is 32.2. The molecule has 0 atom stereocenters. The summed E-state index contributed by atoms with van der Waals surface area (Å²) in [5.41, 5.74) is 0.325. The van der Waals surface area contributed by atoms with E-state index in [-0.39, 0.29) is 10.6 Å². The van der Waals surface area contributed by atoms with Gasteiger partial charge in [0.05, 0.1) is 4.92 Å². The lowest BCUT2D eigenvalue weighted by atomic mass is 9.89. The number of nitro groups is 1. The van der Waals surface area contributed by atoms with Gasteiger partial charge in [-0.1, -0.05) is 25.3 Å². The average Bonchev–Trinajstić information content (AvgIpc) is 2.58. The molecule has 0 aliphatic heterocycles. The van der Waals surface area contributed by atoms with Gasteiger partial charge in [-0.3, -0.25) is 10.1 Å². The Labute approximate surface area is 156 Å². The van der Waals surface area contributed by atoms with Crippen LogP contribution in [0.3, 0.4) is 0 Å². The van der Waals surface area contributed by atoms with Gasteiger partial charge in [0.1, 0.15) is 0 Å². The Bertz CT molecular complexity index is 728. The van der Waals surface area contributed by atoms with Crippen molar-refractivity contribution in [2.45, 2.75) is 43.9 Å². The Hall–Kier alpha value is -1.51. The molecule has 0 N–H and O–H groups in total. The van der Waals surface area contributed by atoms with Gasteiger partial charge in [-0.05, 0) is 51.4 Å². The third-order valence-electron chi connectivity index (χ3n) is 4.91. The molecule has 0 unspecified atom stereocenters. The molecule has 1 aliphatic rings. The maximum atomic E-state index is 13.3. The molecule has 1 aromatic rings. The molecular formula is C18H29N3O4S. The van der Waals surface area contributed by atoms with E-state index in [1.54, 1.807) is 13.0 Å². The van der Waals surface area contributed by atoms with E-state index in [0.717, 1.165) is 25.7 Å². The van der Waals surface area contributed by atoms with Crippen molar-refractivity contribution in [1.29, 1.82) is 0 Å². The van der Waals surface area contributed by atoms with Crippen molar-refractivity contribution >= 4 is 15.7 Å². The van der Waals surface area contributed by atoms with Crippen LogP contribution in [0.2, 0.25) is 0 Å². The predicted octanol–water partition coefficient (Wildman–Crippen LogP) is 3.04. The van der Waals surface area contributed by atoms with Gasteiger partial charge in [-0.2, -0.15) is 4.31 Å². The van der Waals surface area contributed by atoms with Gasteiger partial charge in [0.2, 0.25) is 10.0 Å². The summed E-state index contributed by atoms with van der Waals surface area (Å²) in [6.07, 6.45) is 5.48. The lowest BCUT2D eigenvalue weighted by Gasteiger charge is -2.30. The smallest absolute Gasteiger partial charge is 0.289 e. The molecule has 26 heavy (non-hydrogen) atoms. The molecule has 146 valence electrons. The molecule has 2 rings (SSSR count). The van der Waals surface area contributed by atoms with Gasteiger partial charge in [0.15, 0.2) is 4.90 Å². The highest BCUT2D eigenvalue weighted by molar-refractivity contribution is 7.89. The van der Waals surface area contributed by atoms with E-state index in [1.165, 1.54) is 22.9 Å². The molecule has 7 nitrogen and oxygen atoms in total. The van der Waals surface area contributed by atoms with Crippen molar-refractivity contribution in [2.24, 2.45) is 5.92 Å². The molecule has 1 aliphatic carbocycles. The second-order valence-electron chi connectivity index (χ2n) is 7.40. The van der Waals surface area contributed by atoms with Gasteiger partial charge in [0, 0.05) is 25.7 Å². The molecule has 0 saturated heterocycles. The highest BCUT2D eigenvalue weighted by Crippen LogP contribution is 2.30. The van der Waals surface area contributed by atoms with Crippen molar-refractivity contribution in [3.8, 4) is 0 Å². The first-order valence-electron chi connectivity index (χ1n) is 9.11. The van der Waals surface area contributed by atoms with Crippen LogP contribution in [0.25, 0.3) is 0 Å². The zero-order valence-electron chi connectivity index (χ0n) is 15.8. The molecule has 0 radical (unpaired) electrons. The van der Waals surface area contributed by atoms with Gasteiger partial charge in [0.25, 0.3) is 5.69 Å². The fraction of sp³-hybridized carbons (Fsp3) is 0.667. The molecule has 8 heteroatoms. The number of nitrogens with zero attached hydrogens (tertiary/aromatic N) is 3. The molecular weight excluding hydrogens is 354 g/mol. The number of sulfonamides is 1. The zero-order chi connectivity index (χ0) is 19.3. The second kappa shape index (κ2) is 8.92. The largest absolute Gasteiger partial charge is 0.308 e. The van der Waals surface area contributed by atoms with Gasteiger partial charge >= 0.3 is 0 Å². The maximum absolute atomic E-state index is 13.3. The lowest BCUT2D eigenvalue weighted by molar-refractivity contribution is -0.387. The molecule has 1 aromatic carbocycles. The Kier molecular flexibility index (Phi) is 7.14. The number of rotatable bonds is 8. The summed E-state index contributed by atoms with van der Waals surface area (Å²) in [5.74, 6) is 0.324. The van der Waals surface area contributed by atoms with Crippen LogP contribution in [0.1, 0.15) is 37.7 Å². The minimum absolute atomic E-state index is 0.206. The minimum atomic E-state index is -3.92. The molecule has 0 aromatic heterocycles. The third-order valence-corrected chi connectivity index (χ3v) is 6.82. The standard InChI is InChI=1S/C18H29N3O4S/c1-15-9-10-18(17(13-15)21(22)23)26(24,25)20(12-11-19(2)3)14-16-7-5-4-6-8-16/h9-10,13,16H,4-8,11-12,14H2,1-3H3. The molecule has 0 amide bonds. The van der Waals surface area contributed by atoms with Gasteiger partial charge < -0.3 is 4.90 Å². The first kappa shape index (κ1) is 20.8. The number of nitro benzene ring substituents is 1. The van der Waals surface area contributed by atoms with Gasteiger partial charge in [-0.25, -0.2) is 8.42 Å². The normalized spacial score (nSPS) is 16.3. The van der Waals surface area contributed by atoms with Crippen LogP contribution >= 0.6 is 0 Å². The zero-order valence-corrected chi connectivity index (χ0v) is 16.7. The van der Waals surface area contributed by atoms with E-state index in [2.05, 4.69) is 0 Å². The van der Waals surface area contributed by atoms with Crippen LogP contribution in [0.5, 0.6) is 0 Å². The van der Waals surface area contributed by atoms with E-state index in [0.29, 0.717) is 31.1 Å². The van der Waals surface area contributed by atoms with E-state index in [4.69, 9.17) is 0 Å². The summed E-state index contributed by atoms with van der Waals surface area (Å²) < 4.78 is 28.0. The summed E-state index contributed by atoms with van der Waals surface area (Å²) in [6, 6.07) is 4.31. The van der Waals surface area contributed by atoms with Crippen molar-refractivity contribution in [3.05, 3.63) is 33.9 Å². The van der Waals surface area contributed by atoms with Crippen molar-refractivity contribution in [3.63, 3.8) is 0 Å². The first-order chi connectivity index (χ1) is 12.2. The van der Waals surface area contributed by atoms with Crippen LogP contribution in [0.4, 0.5) is 5.69 Å². The quantitative estimate of drug-likeness (QED) is 0.509. The Morgan fingerprint density at radius 3 is 2.38 bits per heavy atom. The molecule has 0 heterocycles. The van der Waals surface area contributed by atoms with E-state index in [1.807, 2.05) is 19.0 Å². The fourth-order valence-electron chi connectivity index (χ4n) is 3.41. The minimum Gasteiger partial charge on any atom is -0.308 e. The molecule has 1 fully saturated rings. The van der Waals surface area contributed by atoms with Crippen molar-refractivity contribution < 1.29 is 13.3 Å². The van der Waals surface area contributed by atoms with E-state index < -0.39 is 14.9 Å². The van der Waals surface area contributed by atoms with Crippen LogP contribution in [0, 0.1) is 23.0 Å². The van der Waals surface area contributed by atoms with Crippen molar-refractivity contribution in [2.75, 3.05) is 33.7 Å². The topological polar surface area (TPSA) is 83.8 Å². The van der Waals surface area contributed by atoms with E-state index in [9.17, 15) is 18.5 Å².